The van der Waals surface area contributed by atoms with Crippen LogP contribution in [0, 0.1) is 6.92 Å². The van der Waals surface area contributed by atoms with Gasteiger partial charge in [-0.05, 0) is 30.2 Å². The second-order valence-electron chi connectivity index (χ2n) is 3.87. The lowest BCUT2D eigenvalue weighted by Gasteiger charge is -2.08. The number of nitrogens with one attached hydrogen (secondary N) is 1. The van der Waals surface area contributed by atoms with Crippen molar-refractivity contribution < 1.29 is 4.79 Å². The van der Waals surface area contributed by atoms with Crippen LogP contribution in [0.15, 0.2) is 42.6 Å². The monoisotopic (exact) mass is 226 g/mol. The highest BCUT2D eigenvalue weighted by Crippen LogP contribution is 2.10. The van der Waals surface area contributed by atoms with E-state index in [1.54, 1.807) is 18.3 Å². The highest BCUT2D eigenvalue weighted by Gasteiger charge is 1.99. The molecule has 2 rings (SSSR count). The van der Waals surface area contributed by atoms with Crippen LogP contribution in [0.2, 0.25) is 0 Å². The molecule has 1 heterocycles. The molecular formula is C14H14N2O. The van der Waals surface area contributed by atoms with Crippen LogP contribution in [0.1, 0.15) is 21.5 Å². The summed E-state index contributed by atoms with van der Waals surface area (Å²) in [6.07, 6.45) is 2.45. The molecular weight excluding hydrogens is 212 g/mol. The van der Waals surface area contributed by atoms with Crippen molar-refractivity contribution >= 4 is 12.1 Å². The quantitative estimate of drug-likeness (QED) is 0.815. The minimum atomic E-state index is 0.632. The number of carbonyl (C=O) groups excluding carboxylic acids is 1. The van der Waals surface area contributed by atoms with E-state index in [0.717, 1.165) is 12.1 Å². The van der Waals surface area contributed by atoms with Gasteiger partial charge >= 0.3 is 0 Å². The Kier molecular flexibility index (Phi) is 3.50. The first-order valence-electron chi connectivity index (χ1n) is 5.49. The van der Waals surface area contributed by atoms with Crippen molar-refractivity contribution in [3.8, 4) is 0 Å². The Labute approximate surface area is 101 Å². The zero-order chi connectivity index (χ0) is 12.1. The highest BCUT2D eigenvalue weighted by atomic mass is 16.1. The van der Waals surface area contributed by atoms with E-state index in [-0.39, 0.29) is 0 Å². The predicted octanol–water partition coefficient (Wildman–Crippen LogP) is 2.81. The molecule has 0 aliphatic heterocycles. The number of nitrogens with zero attached hydrogens (tertiary/aromatic N) is 1. The fourth-order valence-corrected chi connectivity index (χ4v) is 1.61. The summed E-state index contributed by atoms with van der Waals surface area (Å²) in [5.41, 5.74) is 3.10. The topological polar surface area (TPSA) is 42.0 Å². The molecule has 86 valence electrons. The Morgan fingerprint density at radius 1 is 1.29 bits per heavy atom. The number of aldehydes is 1. The number of pyridine rings is 1. The van der Waals surface area contributed by atoms with Gasteiger partial charge in [0.05, 0.1) is 0 Å². The number of aromatic nitrogens is 1. The van der Waals surface area contributed by atoms with E-state index in [1.165, 1.54) is 11.1 Å². The lowest BCUT2D eigenvalue weighted by Crippen LogP contribution is -2.03. The summed E-state index contributed by atoms with van der Waals surface area (Å²) in [6, 6.07) is 11.6. The molecule has 0 aliphatic carbocycles. The summed E-state index contributed by atoms with van der Waals surface area (Å²) in [6.45, 7) is 2.79. The number of rotatable bonds is 4. The minimum Gasteiger partial charge on any atom is -0.366 e. The Morgan fingerprint density at radius 3 is 2.88 bits per heavy atom. The number of hydrogen-bond acceptors (Lipinski definition) is 3. The molecule has 0 spiro atoms. The van der Waals surface area contributed by atoms with Gasteiger partial charge in [-0.15, -0.1) is 0 Å². The molecule has 3 nitrogen and oxygen atoms in total. The molecule has 17 heavy (non-hydrogen) atoms. The summed E-state index contributed by atoms with van der Waals surface area (Å²) in [7, 11) is 0. The first-order chi connectivity index (χ1) is 8.29. The zero-order valence-electron chi connectivity index (χ0n) is 9.68. The average Bonchev–Trinajstić information content (AvgIpc) is 2.38. The fourth-order valence-electron chi connectivity index (χ4n) is 1.61. The van der Waals surface area contributed by atoms with Crippen molar-refractivity contribution in [2.45, 2.75) is 13.5 Å². The normalized spacial score (nSPS) is 9.94. The van der Waals surface area contributed by atoms with Gasteiger partial charge in [-0.2, -0.15) is 0 Å². The van der Waals surface area contributed by atoms with Crippen LogP contribution in [0.4, 0.5) is 5.82 Å². The van der Waals surface area contributed by atoms with Crippen LogP contribution in [-0.4, -0.2) is 11.3 Å². The van der Waals surface area contributed by atoms with Gasteiger partial charge in [0.25, 0.3) is 0 Å². The molecule has 0 fully saturated rings. The van der Waals surface area contributed by atoms with E-state index in [2.05, 4.69) is 29.4 Å². The van der Waals surface area contributed by atoms with Crippen LogP contribution in [0.25, 0.3) is 0 Å². The molecule has 0 saturated heterocycles. The van der Waals surface area contributed by atoms with Crippen LogP contribution in [-0.2, 0) is 6.54 Å². The molecule has 1 aromatic heterocycles. The van der Waals surface area contributed by atoms with E-state index in [9.17, 15) is 4.79 Å². The Morgan fingerprint density at radius 2 is 2.12 bits per heavy atom. The Balaban J connectivity index is 2.07. The molecule has 0 amide bonds. The maximum atomic E-state index is 10.6. The molecule has 0 bridgehead atoms. The number of anilines is 1. The standard InChI is InChI=1S/C14H14N2O/c1-11-4-2-3-5-13(11)9-16-14-8-12(10-17)6-7-15-14/h2-8,10H,9H2,1H3,(H,15,16). The molecule has 3 heteroatoms. The third-order valence-corrected chi connectivity index (χ3v) is 2.64. The van der Waals surface area contributed by atoms with Gasteiger partial charge in [0.1, 0.15) is 12.1 Å². The highest BCUT2D eigenvalue weighted by molar-refractivity contribution is 5.75. The van der Waals surface area contributed by atoms with Gasteiger partial charge in [-0.1, -0.05) is 24.3 Å². The summed E-state index contributed by atoms with van der Waals surface area (Å²) in [4.78, 5) is 14.8. The SMILES string of the molecule is Cc1ccccc1CNc1cc(C=O)ccn1. The van der Waals surface area contributed by atoms with Gasteiger partial charge in [0.2, 0.25) is 0 Å². The third-order valence-electron chi connectivity index (χ3n) is 2.64. The van der Waals surface area contributed by atoms with Crippen molar-refractivity contribution in [3.63, 3.8) is 0 Å². The van der Waals surface area contributed by atoms with Gasteiger partial charge in [0.15, 0.2) is 0 Å². The van der Waals surface area contributed by atoms with E-state index < -0.39 is 0 Å². The largest absolute Gasteiger partial charge is 0.366 e. The van der Waals surface area contributed by atoms with Crippen LogP contribution < -0.4 is 5.32 Å². The maximum absolute atomic E-state index is 10.6. The van der Waals surface area contributed by atoms with Crippen LogP contribution in [0.3, 0.4) is 0 Å². The predicted molar refractivity (Wildman–Crippen MR) is 68.1 cm³/mol. The Bertz CT molecular complexity index is 523. The number of carbonyl (C=O) groups is 1. The number of benzene rings is 1. The van der Waals surface area contributed by atoms with Crippen LogP contribution >= 0.6 is 0 Å². The van der Waals surface area contributed by atoms with Crippen molar-refractivity contribution in [2.24, 2.45) is 0 Å². The van der Waals surface area contributed by atoms with Gasteiger partial charge in [0, 0.05) is 18.3 Å². The van der Waals surface area contributed by atoms with Crippen LogP contribution in [0.5, 0.6) is 0 Å². The number of aryl methyl sites for hydroxylation is 1. The molecule has 0 radical (unpaired) electrons. The van der Waals surface area contributed by atoms with Crippen molar-refractivity contribution in [2.75, 3.05) is 5.32 Å². The summed E-state index contributed by atoms with van der Waals surface area (Å²) < 4.78 is 0. The maximum Gasteiger partial charge on any atom is 0.150 e. The first kappa shape index (κ1) is 11.3. The van der Waals surface area contributed by atoms with E-state index in [4.69, 9.17) is 0 Å². The molecule has 0 aliphatic rings. The van der Waals surface area contributed by atoms with E-state index in [0.29, 0.717) is 12.1 Å². The molecule has 1 N–H and O–H groups in total. The van der Waals surface area contributed by atoms with Gasteiger partial charge in [-0.3, -0.25) is 4.79 Å². The van der Waals surface area contributed by atoms with Crippen molar-refractivity contribution in [3.05, 3.63) is 59.3 Å². The van der Waals surface area contributed by atoms with E-state index >= 15 is 0 Å². The lowest BCUT2D eigenvalue weighted by atomic mass is 10.1. The second-order valence-corrected chi connectivity index (χ2v) is 3.87. The molecule has 0 saturated carbocycles. The average molecular weight is 226 g/mol. The van der Waals surface area contributed by atoms with Crippen molar-refractivity contribution in [1.82, 2.24) is 4.98 Å². The molecule has 0 atom stereocenters. The summed E-state index contributed by atoms with van der Waals surface area (Å²) in [5.74, 6) is 0.720. The minimum absolute atomic E-state index is 0.632. The lowest BCUT2D eigenvalue weighted by molar-refractivity contribution is 0.112. The molecule has 0 unspecified atom stereocenters. The third kappa shape index (κ3) is 2.91. The fraction of sp³-hybridized carbons (Fsp3) is 0.143. The van der Waals surface area contributed by atoms with Gasteiger partial charge in [-0.25, -0.2) is 4.98 Å². The smallest absolute Gasteiger partial charge is 0.150 e. The first-order valence-corrected chi connectivity index (χ1v) is 5.49. The molecule has 1 aromatic carbocycles. The number of hydrogen-bond donors (Lipinski definition) is 1. The second kappa shape index (κ2) is 5.25. The van der Waals surface area contributed by atoms with E-state index in [1.807, 2.05) is 12.1 Å². The van der Waals surface area contributed by atoms with Crippen molar-refractivity contribution in [1.29, 1.82) is 0 Å². The molecule has 2 aromatic rings. The summed E-state index contributed by atoms with van der Waals surface area (Å²) in [5, 5.41) is 3.21. The Hall–Kier alpha value is -2.16. The van der Waals surface area contributed by atoms with Gasteiger partial charge < -0.3 is 5.32 Å². The summed E-state index contributed by atoms with van der Waals surface area (Å²) >= 11 is 0. The zero-order valence-corrected chi connectivity index (χ0v) is 9.68.